The van der Waals surface area contributed by atoms with E-state index in [-0.39, 0.29) is 18.7 Å². The van der Waals surface area contributed by atoms with Gasteiger partial charge in [0.05, 0.1) is 6.17 Å². The van der Waals surface area contributed by atoms with Crippen molar-refractivity contribution in [3.05, 3.63) is 42.5 Å². The van der Waals surface area contributed by atoms with Crippen molar-refractivity contribution in [3.8, 4) is 0 Å². The summed E-state index contributed by atoms with van der Waals surface area (Å²) >= 11 is 0. The number of hydrogen-bond donors (Lipinski definition) is 1. The molecule has 0 fully saturated rings. The number of rotatable bonds is 4. The first-order valence-corrected chi connectivity index (χ1v) is 6.08. The van der Waals surface area contributed by atoms with Crippen molar-refractivity contribution in [2.75, 3.05) is 5.32 Å². The quantitative estimate of drug-likeness (QED) is 0.869. The van der Waals surface area contributed by atoms with Crippen LogP contribution in [0.15, 0.2) is 42.5 Å². The molecule has 3 heteroatoms. The summed E-state index contributed by atoms with van der Waals surface area (Å²) in [6.45, 7) is 1.46. The Morgan fingerprint density at radius 3 is 2.67 bits per heavy atom. The van der Waals surface area contributed by atoms with E-state index in [4.69, 9.17) is 0 Å². The third-order valence-electron chi connectivity index (χ3n) is 2.80. The lowest BCUT2D eigenvalue weighted by Gasteiger charge is -2.07. The number of hydrogen-bond acceptors (Lipinski definition) is 1. The Kier molecular flexibility index (Phi) is 3.92. The molecule has 0 bridgehead atoms. The van der Waals surface area contributed by atoms with Gasteiger partial charge in [-0.1, -0.05) is 30.3 Å². The highest BCUT2D eigenvalue weighted by atomic mass is 19.1. The van der Waals surface area contributed by atoms with Gasteiger partial charge in [0, 0.05) is 12.1 Å². The van der Waals surface area contributed by atoms with E-state index in [1.807, 2.05) is 42.5 Å². The zero-order valence-corrected chi connectivity index (χ0v) is 10.3. The van der Waals surface area contributed by atoms with Gasteiger partial charge in [0.15, 0.2) is 0 Å². The lowest BCUT2D eigenvalue weighted by molar-refractivity contribution is -0.116. The van der Waals surface area contributed by atoms with Crippen LogP contribution in [0.4, 0.5) is 10.1 Å². The second kappa shape index (κ2) is 5.63. The Morgan fingerprint density at radius 1 is 1.22 bits per heavy atom. The molecular weight excluding hydrogens is 229 g/mol. The van der Waals surface area contributed by atoms with Gasteiger partial charge in [-0.15, -0.1) is 0 Å². The number of amides is 1. The fraction of sp³-hybridized carbons (Fsp3) is 0.267. The van der Waals surface area contributed by atoms with Crippen molar-refractivity contribution in [2.24, 2.45) is 0 Å². The molecule has 1 amide bonds. The summed E-state index contributed by atoms with van der Waals surface area (Å²) in [4.78, 5) is 11.6. The number of alkyl halides is 1. The normalized spacial score (nSPS) is 12.3. The predicted molar refractivity (Wildman–Crippen MR) is 72.4 cm³/mol. The highest BCUT2D eigenvalue weighted by molar-refractivity contribution is 5.94. The molecule has 2 nitrogen and oxygen atoms in total. The van der Waals surface area contributed by atoms with Gasteiger partial charge in [-0.05, 0) is 36.2 Å². The van der Waals surface area contributed by atoms with Crippen LogP contribution in [0.1, 0.15) is 19.8 Å². The minimum Gasteiger partial charge on any atom is -0.326 e. The first kappa shape index (κ1) is 12.6. The van der Waals surface area contributed by atoms with Crippen LogP contribution in [0.2, 0.25) is 0 Å². The molecule has 1 N–H and O–H groups in total. The first-order chi connectivity index (χ1) is 8.65. The molecule has 2 aromatic carbocycles. The number of fused-ring (bicyclic) bond motifs is 1. The molecule has 1 unspecified atom stereocenters. The molecule has 0 aliphatic heterocycles. The van der Waals surface area contributed by atoms with E-state index in [1.165, 1.54) is 6.92 Å². The van der Waals surface area contributed by atoms with Crippen LogP contribution in [0.25, 0.3) is 10.8 Å². The van der Waals surface area contributed by atoms with Crippen LogP contribution in [-0.2, 0) is 4.79 Å². The van der Waals surface area contributed by atoms with E-state index in [0.717, 1.165) is 16.5 Å². The average Bonchev–Trinajstić information content (AvgIpc) is 2.36. The zero-order valence-electron chi connectivity index (χ0n) is 10.3. The zero-order chi connectivity index (χ0) is 13.0. The van der Waals surface area contributed by atoms with Crippen LogP contribution in [0, 0.1) is 0 Å². The fourth-order valence-corrected chi connectivity index (χ4v) is 1.82. The highest BCUT2D eigenvalue weighted by Gasteiger charge is 2.06. The fourth-order valence-electron chi connectivity index (χ4n) is 1.82. The Balaban J connectivity index is 2.05. The van der Waals surface area contributed by atoms with Gasteiger partial charge in [0.1, 0.15) is 0 Å². The SMILES string of the molecule is CC(F)CCC(=O)Nc1ccc2ccccc2c1. The van der Waals surface area contributed by atoms with Crippen molar-refractivity contribution in [1.29, 1.82) is 0 Å². The van der Waals surface area contributed by atoms with E-state index < -0.39 is 6.17 Å². The summed E-state index contributed by atoms with van der Waals surface area (Å²) in [6, 6.07) is 13.7. The lowest BCUT2D eigenvalue weighted by atomic mass is 10.1. The molecule has 0 aliphatic carbocycles. The predicted octanol–water partition coefficient (Wildman–Crippen LogP) is 3.92. The molecule has 0 aliphatic rings. The van der Waals surface area contributed by atoms with E-state index in [2.05, 4.69) is 5.32 Å². The number of halogens is 1. The minimum absolute atomic E-state index is 0.144. The van der Waals surface area contributed by atoms with Gasteiger partial charge in [-0.3, -0.25) is 4.79 Å². The molecule has 2 rings (SSSR count). The minimum atomic E-state index is -0.938. The maximum absolute atomic E-state index is 12.6. The van der Waals surface area contributed by atoms with Crippen LogP contribution in [0.3, 0.4) is 0 Å². The van der Waals surface area contributed by atoms with Crippen molar-refractivity contribution >= 4 is 22.4 Å². The number of anilines is 1. The largest absolute Gasteiger partial charge is 0.326 e. The Hall–Kier alpha value is -1.90. The van der Waals surface area contributed by atoms with Gasteiger partial charge < -0.3 is 5.32 Å². The molecule has 0 saturated carbocycles. The maximum Gasteiger partial charge on any atom is 0.224 e. The second-order valence-electron chi connectivity index (χ2n) is 4.43. The third-order valence-corrected chi connectivity index (χ3v) is 2.80. The smallest absolute Gasteiger partial charge is 0.224 e. The van der Waals surface area contributed by atoms with Gasteiger partial charge in [-0.2, -0.15) is 0 Å². The number of carbonyl (C=O) groups excluding carboxylic acids is 1. The van der Waals surface area contributed by atoms with E-state index in [9.17, 15) is 9.18 Å². The molecule has 0 radical (unpaired) electrons. The Labute approximate surface area is 106 Å². The van der Waals surface area contributed by atoms with Crippen molar-refractivity contribution in [2.45, 2.75) is 25.9 Å². The standard InChI is InChI=1S/C15H16FNO/c1-11(16)6-9-15(18)17-14-8-7-12-4-2-3-5-13(12)10-14/h2-5,7-8,10-11H,6,9H2,1H3,(H,17,18). The van der Waals surface area contributed by atoms with E-state index in [1.54, 1.807) is 0 Å². The van der Waals surface area contributed by atoms with Crippen LogP contribution >= 0.6 is 0 Å². The van der Waals surface area contributed by atoms with Crippen LogP contribution in [-0.4, -0.2) is 12.1 Å². The third kappa shape index (κ3) is 3.29. The molecule has 0 heterocycles. The van der Waals surface area contributed by atoms with Crippen molar-refractivity contribution < 1.29 is 9.18 Å². The maximum atomic E-state index is 12.6. The summed E-state index contributed by atoms with van der Waals surface area (Å²) < 4.78 is 12.6. The molecular formula is C15H16FNO. The molecule has 94 valence electrons. The number of benzene rings is 2. The number of carbonyl (C=O) groups is 1. The average molecular weight is 245 g/mol. The van der Waals surface area contributed by atoms with Gasteiger partial charge >= 0.3 is 0 Å². The molecule has 0 spiro atoms. The summed E-state index contributed by atoms with van der Waals surface area (Å²) in [5.74, 6) is -0.144. The summed E-state index contributed by atoms with van der Waals surface area (Å²) in [5, 5.41) is 4.99. The Bertz CT molecular complexity index is 551. The number of nitrogens with one attached hydrogen (secondary N) is 1. The van der Waals surface area contributed by atoms with E-state index >= 15 is 0 Å². The van der Waals surface area contributed by atoms with Crippen LogP contribution in [0.5, 0.6) is 0 Å². The highest BCUT2D eigenvalue weighted by Crippen LogP contribution is 2.19. The van der Waals surface area contributed by atoms with Crippen molar-refractivity contribution in [1.82, 2.24) is 0 Å². The topological polar surface area (TPSA) is 29.1 Å². The Morgan fingerprint density at radius 2 is 1.94 bits per heavy atom. The molecule has 0 aromatic heterocycles. The molecule has 18 heavy (non-hydrogen) atoms. The summed E-state index contributed by atoms with van der Waals surface area (Å²) in [6.07, 6.45) is -0.462. The summed E-state index contributed by atoms with van der Waals surface area (Å²) in [7, 11) is 0. The first-order valence-electron chi connectivity index (χ1n) is 6.08. The van der Waals surface area contributed by atoms with Crippen molar-refractivity contribution in [3.63, 3.8) is 0 Å². The summed E-state index contributed by atoms with van der Waals surface area (Å²) in [5.41, 5.74) is 0.755. The van der Waals surface area contributed by atoms with Gasteiger partial charge in [0.2, 0.25) is 5.91 Å². The van der Waals surface area contributed by atoms with Crippen LogP contribution < -0.4 is 5.32 Å². The van der Waals surface area contributed by atoms with E-state index in [0.29, 0.717) is 0 Å². The molecule has 2 aromatic rings. The van der Waals surface area contributed by atoms with Gasteiger partial charge in [-0.25, -0.2) is 4.39 Å². The lowest BCUT2D eigenvalue weighted by Crippen LogP contribution is -2.12. The molecule has 0 saturated heterocycles. The van der Waals surface area contributed by atoms with Gasteiger partial charge in [0.25, 0.3) is 0 Å². The monoisotopic (exact) mass is 245 g/mol. The second-order valence-corrected chi connectivity index (χ2v) is 4.43. The molecule has 1 atom stereocenters.